The molecule has 1 fully saturated rings. The average molecular weight is 256 g/mol. The van der Waals surface area contributed by atoms with E-state index in [9.17, 15) is 9.90 Å². The summed E-state index contributed by atoms with van der Waals surface area (Å²) in [6.45, 7) is 0. The molecule has 0 bridgehead atoms. The van der Waals surface area contributed by atoms with E-state index in [1.165, 1.54) is 0 Å². The molecule has 94 valence electrons. The Labute approximate surface area is 104 Å². The average Bonchev–Trinajstić information content (AvgIpc) is 2.90. The quantitative estimate of drug-likeness (QED) is 0.869. The van der Waals surface area contributed by atoms with Gasteiger partial charge in [0, 0.05) is 6.42 Å². The number of rotatable bonds is 5. The Hall–Kier alpha value is -1.04. The van der Waals surface area contributed by atoms with Gasteiger partial charge in [-0.15, -0.1) is 0 Å². The minimum atomic E-state index is -0.736. The maximum Gasteiger partial charge on any atom is 0.310 e. The molecule has 1 aliphatic carbocycles. The largest absolute Gasteiger partial charge is 0.481 e. The molecule has 2 rings (SSSR count). The van der Waals surface area contributed by atoms with Gasteiger partial charge in [0.25, 0.3) is 0 Å². The van der Waals surface area contributed by atoms with Gasteiger partial charge in [-0.05, 0) is 19.1 Å². The maximum absolute atomic E-state index is 11.4. The van der Waals surface area contributed by atoms with Crippen LogP contribution in [-0.4, -0.2) is 27.5 Å². The van der Waals surface area contributed by atoms with Crippen molar-refractivity contribution in [2.45, 2.75) is 37.9 Å². The number of carboxylic acids is 1. The monoisotopic (exact) mass is 256 g/mol. The third-order valence-corrected chi connectivity index (χ3v) is 3.83. The van der Waals surface area contributed by atoms with Gasteiger partial charge in [0.15, 0.2) is 5.82 Å². The number of thioether (sulfide) groups is 1. The van der Waals surface area contributed by atoms with Crippen LogP contribution in [0.15, 0.2) is 4.52 Å². The number of aromatic nitrogens is 2. The predicted molar refractivity (Wildman–Crippen MR) is 63.8 cm³/mol. The van der Waals surface area contributed by atoms with Crippen molar-refractivity contribution in [3.63, 3.8) is 0 Å². The molecule has 1 saturated carbocycles. The van der Waals surface area contributed by atoms with Gasteiger partial charge in [-0.2, -0.15) is 16.7 Å². The van der Waals surface area contributed by atoms with Crippen LogP contribution in [0.2, 0.25) is 0 Å². The van der Waals surface area contributed by atoms with Crippen molar-refractivity contribution in [3.8, 4) is 0 Å². The van der Waals surface area contributed by atoms with Gasteiger partial charge in [0.05, 0.1) is 11.2 Å². The van der Waals surface area contributed by atoms with Crippen LogP contribution in [0, 0.1) is 5.41 Å². The lowest BCUT2D eigenvalue weighted by atomic mass is 9.83. The van der Waals surface area contributed by atoms with Crippen LogP contribution in [0.3, 0.4) is 0 Å². The zero-order chi connectivity index (χ0) is 12.3. The van der Waals surface area contributed by atoms with E-state index < -0.39 is 11.4 Å². The highest BCUT2D eigenvalue weighted by Gasteiger charge is 2.42. The number of carboxylic acid groups (broad SMARTS) is 1. The minimum Gasteiger partial charge on any atom is -0.481 e. The third-order valence-electron chi connectivity index (χ3n) is 3.29. The number of hydrogen-bond donors (Lipinski definition) is 1. The lowest BCUT2D eigenvalue weighted by molar-refractivity contribution is -0.148. The van der Waals surface area contributed by atoms with Gasteiger partial charge in [0.2, 0.25) is 5.89 Å². The number of aliphatic carboxylic acids is 1. The summed E-state index contributed by atoms with van der Waals surface area (Å²) in [5, 5.41) is 13.2. The molecule has 0 saturated heterocycles. The molecule has 1 aromatic rings. The van der Waals surface area contributed by atoms with E-state index in [0.717, 1.165) is 12.8 Å². The predicted octanol–water partition coefficient (Wildman–Crippen LogP) is 2.12. The molecule has 0 amide bonds. The summed E-state index contributed by atoms with van der Waals surface area (Å²) in [6, 6.07) is 0. The van der Waals surface area contributed by atoms with Crippen LogP contribution in [0.5, 0.6) is 0 Å². The molecule has 0 spiro atoms. The van der Waals surface area contributed by atoms with Crippen molar-refractivity contribution in [1.29, 1.82) is 0 Å². The van der Waals surface area contributed by atoms with E-state index in [0.29, 0.717) is 36.7 Å². The molecule has 0 radical (unpaired) electrons. The molecule has 17 heavy (non-hydrogen) atoms. The molecular formula is C11H16N2O3S. The minimum absolute atomic E-state index is 0.365. The molecule has 1 aromatic heterocycles. The normalized spacial score (nSPS) is 18.4. The highest BCUT2D eigenvalue weighted by molar-refractivity contribution is 7.97. The lowest BCUT2D eigenvalue weighted by Crippen LogP contribution is -2.30. The first kappa shape index (κ1) is 12.4. The molecule has 0 atom stereocenters. The van der Waals surface area contributed by atoms with Crippen LogP contribution < -0.4 is 0 Å². The molecule has 0 aromatic carbocycles. The Balaban J connectivity index is 2.09. The highest BCUT2D eigenvalue weighted by atomic mass is 32.2. The topological polar surface area (TPSA) is 76.2 Å². The third kappa shape index (κ3) is 2.62. The second-order valence-electron chi connectivity index (χ2n) is 4.51. The summed E-state index contributed by atoms with van der Waals surface area (Å²) >= 11 is 1.61. The standard InChI is InChI=1S/C11H16N2O3S/c1-17-7-8-12-9(16-13-8)6-11(10(14)15)4-2-3-5-11/h2-7H2,1H3,(H,14,15). The van der Waals surface area contributed by atoms with Crippen molar-refractivity contribution in [2.75, 3.05) is 6.26 Å². The van der Waals surface area contributed by atoms with E-state index in [4.69, 9.17) is 4.52 Å². The summed E-state index contributed by atoms with van der Waals surface area (Å²) in [5.74, 6) is 1.06. The number of hydrogen-bond acceptors (Lipinski definition) is 5. The first-order chi connectivity index (χ1) is 8.16. The zero-order valence-electron chi connectivity index (χ0n) is 9.81. The van der Waals surface area contributed by atoms with Gasteiger partial charge in [0.1, 0.15) is 0 Å². The van der Waals surface area contributed by atoms with Gasteiger partial charge < -0.3 is 9.63 Å². The highest BCUT2D eigenvalue weighted by Crippen LogP contribution is 2.40. The summed E-state index contributed by atoms with van der Waals surface area (Å²) in [5.41, 5.74) is -0.677. The SMILES string of the molecule is CSCc1noc(CC2(C(=O)O)CCCC2)n1. The fourth-order valence-corrected chi connectivity index (χ4v) is 2.73. The van der Waals surface area contributed by atoms with Gasteiger partial charge in [-0.25, -0.2) is 0 Å². The molecule has 6 heteroatoms. The lowest BCUT2D eigenvalue weighted by Gasteiger charge is -2.21. The Kier molecular flexibility index (Phi) is 3.71. The van der Waals surface area contributed by atoms with E-state index in [2.05, 4.69) is 10.1 Å². The summed E-state index contributed by atoms with van der Waals surface area (Å²) in [6.07, 6.45) is 5.69. The molecular weight excluding hydrogens is 240 g/mol. The van der Waals surface area contributed by atoms with Crippen molar-refractivity contribution in [2.24, 2.45) is 5.41 Å². The van der Waals surface area contributed by atoms with Crippen LogP contribution in [-0.2, 0) is 17.0 Å². The van der Waals surface area contributed by atoms with E-state index in [1.54, 1.807) is 11.8 Å². The van der Waals surface area contributed by atoms with Gasteiger partial charge in [-0.1, -0.05) is 18.0 Å². The molecule has 0 unspecified atom stereocenters. The van der Waals surface area contributed by atoms with Crippen molar-refractivity contribution >= 4 is 17.7 Å². The first-order valence-electron chi connectivity index (χ1n) is 5.70. The fourth-order valence-electron chi connectivity index (χ4n) is 2.36. The van der Waals surface area contributed by atoms with Crippen LogP contribution in [0.25, 0.3) is 0 Å². The zero-order valence-corrected chi connectivity index (χ0v) is 10.6. The summed E-state index contributed by atoms with van der Waals surface area (Å²) in [4.78, 5) is 15.6. The molecule has 1 N–H and O–H groups in total. The molecule has 1 heterocycles. The van der Waals surface area contributed by atoms with Gasteiger partial charge in [-0.3, -0.25) is 4.79 Å². The Bertz CT molecular complexity index is 399. The second-order valence-corrected chi connectivity index (χ2v) is 5.37. The molecule has 0 aliphatic heterocycles. The van der Waals surface area contributed by atoms with E-state index in [-0.39, 0.29) is 0 Å². The smallest absolute Gasteiger partial charge is 0.310 e. The number of nitrogens with zero attached hydrogens (tertiary/aromatic N) is 2. The Morgan fingerprint density at radius 3 is 2.82 bits per heavy atom. The summed E-state index contributed by atoms with van der Waals surface area (Å²) in [7, 11) is 0. The van der Waals surface area contributed by atoms with Crippen LogP contribution in [0.1, 0.15) is 37.4 Å². The fraction of sp³-hybridized carbons (Fsp3) is 0.727. The van der Waals surface area contributed by atoms with E-state index >= 15 is 0 Å². The van der Waals surface area contributed by atoms with Crippen LogP contribution in [0.4, 0.5) is 0 Å². The number of carbonyl (C=O) groups is 1. The Morgan fingerprint density at radius 2 is 2.24 bits per heavy atom. The first-order valence-corrected chi connectivity index (χ1v) is 7.09. The van der Waals surface area contributed by atoms with Crippen molar-refractivity contribution in [1.82, 2.24) is 10.1 Å². The second kappa shape index (κ2) is 5.08. The summed E-state index contributed by atoms with van der Waals surface area (Å²) < 4.78 is 5.12. The Morgan fingerprint density at radius 1 is 1.53 bits per heavy atom. The molecule has 1 aliphatic rings. The van der Waals surface area contributed by atoms with E-state index in [1.807, 2.05) is 6.26 Å². The maximum atomic E-state index is 11.4. The van der Waals surface area contributed by atoms with Crippen molar-refractivity contribution < 1.29 is 14.4 Å². The van der Waals surface area contributed by atoms with Crippen LogP contribution >= 0.6 is 11.8 Å². The van der Waals surface area contributed by atoms with Gasteiger partial charge >= 0.3 is 5.97 Å². The van der Waals surface area contributed by atoms with Crippen molar-refractivity contribution in [3.05, 3.63) is 11.7 Å². The molecule has 5 nitrogen and oxygen atoms in total.